The number of hydrogen-bond donors (Lipinski definition) is 2. The Morgan fingerprint density at radius 2 is 2.20 bits per heavy atom. The maximum atomic E-state index is 12.2. The third kappa shape index (κ3) is 3.18. The van der Waals surface area contributed by atoms with Gasteiger partial charge in [-0.05, 0) is 49.4 Å². The molecule has 1 aliphatic rings. The van der Waals surface area contributed by atoms with Crippen LogP contribution in [0.2, 0.25) is 0 Å². The van der Waals surface area contributed by atoms with E-state index in [1.54, 1.807) is 6.92 Å². The third-order valence-electron chi connectivity index (χ3n) is 3.78. The summed E-state index contributed by atoms with van der Waals surface area (Å²) >= 11 is 0. The van der Waals surface area contributed by atoms with Crippen molar-refractivity contribution < 1.29 is 13.5 Å². The number of rotatable bonds is 4. The van der Waals surface area contributed by atoms with Gasteiger partial charge in [0.1, 0.15) is 0 Å². The molecular formula is C14H18N2O3S. The summed E-state index contributed by atoms with van der Waals surface area (Å²) in [6, 6.07) is 6.44. The van der Waals surface area contributed by atoms with E-state index in [0.29, 0.717) is 11.1 Å². The number of aryl methyl sites for hydroxylation is 1. The lowest BCUT2D eigenvalue weighted by atomic mass is 10.1. The monoisotopic (exact) mass is 294 g/mol. The second kappa shape index (κ2) is 5.92. The molecule has 1 fully saturated rings. The van der Waals surface area contributed by atoms with Crippen LogP contribution in [0.5, 0.6) is 0 Å². The molecule has 0 amide bonds. The highest BCUT2D eigenvalue weighted by molar-refractivity contribution is 7.89. The largest absolute Gasteiger partial charge is 0.393 e. The molecule has 6 heteroatoms. The summed E-state index contributed by atoms with van der Waals surface area (Å²) < 4.78 is 26.9. The molecule has 1 aliphatic carbocycles. The Balaban J connectivity index is 2.10. The van der Waals surface area contributed by atoms with Crippen LogP contribution >= 0.6 is 0 Å². The Bertz CT molecular complexity index is 634. The van der Waals surface area contributed by atoms with E-state index < -0.39 is 16.1 Å². The number of sulfonamides is 1. The number of benzene rings is 1. The topological polar surface area (TPSA) is 90.2 Å². The molecule has 2 atom stereocenters. The Morgan fingerprint density at radius 3 is 2.75 bits per heavy atom. The first-order valence-corrected chi connectivity index (χ1v) is 8.11. The van der Waals surface area contributed by atoms with Crippen LogP contribution < -0.4 is 4.72 Å². The van der Waals surface area contributed by atoms with E-state index in [2.05, 4.69) is 4.72 Å². The number of nitrogens with zero attached hydrogens (tertiary/aromatic N) is 1. The van der Waals surface area contributed by atoms with Crippen LogP contribution in [0.15, 0.2) is 23.1 Å². The van der Waals surface area contributed by atoms with Crippen molar-refractivity contribution in [3.8, 4) is 6.07 Å². The van der Waals surface area contributed by atoms with Gasteiger partial charge in [-0.2, -0.15) is 5.26 Å². The third-order valence-corrected chi connectivity index (χ3v) is 5.20. The fourth-order valence-electron chi connectivity index (χ4n) is 2.48. The second-order valence-electron chi connectivity index (χ2n) is 5.20. The fourth-order valence-corrected chi connectivity index (χ4v) is 3.66. The molecule has 20 heavy (non-hydrogen) atoms. The van der Waals surface area contributed by atoms with Gasteiger partial charge in [-0.1, -0.05) is 6.42 Å². The quantitative estimate of drug-likeness (QED) is 0.876. The lowest BCUT2D eigenvalue weighted by Crippen LogP contribution is -2.32. The predicted molar refractivity (Wildman–Crippen MR) is 74.4 cm³/mol. The molecule has 1 aromatic rings. The average Bonchev–Trinajstić information content (AvgIpc) is 2.82. The molecule has 5 nitrogen and oxygen atoms in total. The lowest BCUT2D eigenvalue weighted by Gasteiger charge is -2.15. The number of hydrogen-bond acceptors (Lipinski definition) is 4. The highest BCUT2D eigenvalue weighted by Crippen LogP contribution is 2.25. The van der Waals surface area contributed by atoms with Crippen molar-refractivity contribution in [3.63, 3.8) is 0 Å². The van der Waals surface area contributed by atoms with Gasteiger partial charge in [0.2, 0.25) is 10.0 Å². The minimum absolute atomic E-state index is 0.00995. The van der Waals surface area contributed by atoms with Gasteiger partial charge in [-0.25, -0.2) is 13.1 Å². The highest BCUT2D eigenvalue weighted by Gasteiger charge is 2.27. The molecule has 1 saturated carbocycles. The summed E-state index contributed by atoms with van der Waals surface area (Å²) in [4.78, 5) is 0.154. The molecular weight excluding hydrogens is 276 g/mol. The Hall–Kier alpha value is -1.42. The van der Waals surface area contributed by atoms with Crippen molar-refractivity contribution in [1.82, 2.24) is 4.72 Å². The lowest BCUT2D eigenvalue weighted by molar-refractivity contribution is 0.134. The maximum absolute atomic E-state index is 12.2. The van der Waals surface area contributed by atoms with Crippen molar-refractivity contribution in [1.29, 1.82) is 5.26 Å². The van der Waals surface area contributed by atoms with Crippen molar-refractivity contribution in [2.75, 3.05) is 6.54 Å². The number of nitriles is 1. The number of aliphatic hydroxyl groups excluding tert-OH is 1. The van der Waals surface area contributed by atoms with Crippen LogP contribution in [0.4, 0.5) is 0 Å². The molecule has 0 aliphatic heterocycles. The summed E-state index contributed by atoms with van der Waals surface area (Å²) in [5.41, 5.74) is 1.10. The van der Waals surface area contributed by atoms with Crippen LogP contribution in [0.25, 0.3) is 0 Å². The first kappa shape index (κ1) is 15.0. The Morgan fingerprint density at radius 1 is 1.45 bits per heavy atom. The van der Waals surface area contributed by atoms with E-state index >= 15 is 0 Å². The summed E-state index contributed by atoms with van der Waals surface area (Å²) in [7, 11) is -3.59. The smallest absolute Gasteiger partial charge is 0.240 e. The van der Waals surface area contributed by atoms with Crippen LogP contribution in [-0.4, -0.2) is 26.2 Å². The van der Waals surface area contributed by atoms with Crippen LogP contribution in [0.3, 0.4) is 0 Å². The molecule has 0 aromatic heterocycles. The molecule has 1 aromatic carbocycles. The van der Waals surface area contributed by atoms with Gasteiger partial charge in [-0.15, -0.1) is 0 Å². The van der Waals surface area contributed by atoms with E-state index in [1.165, 1.54) is 18.2 Å². The van der Waals surface area contributed by atoms with Crippen molar-refractivity contribution in [2.45, 2.75) is 37.2 Å². The normalized spacial score (nSPS) is 22.6. The van der Waals surface area contributed by atoms with Gasteiger partial charge < -0.3 is 5.11 Å². The number of aliphatic hydroxyl groups is 1. The SMILES string of the molecule is Cc1cc(S(=O)(=O)NCC2CCCC2O)ccc1C#N. The number of nitrogens with one attached hydrogen (secondary N) is 1. The summed E-state index contributed by atoms with van der Waals surface area (Å²) in [5, 5.41) is 18.5. The van der Waals surface area contributed by atoms with Gasteiger partial charge in [0.05, 0.1) is 22.6 Å². The zero-order chi connectivity index (χ0) is 14.8. The molecule has 0 bridgehead atoms. The molecule has 0 heterocycles. The van der Waals surface area contributed by atoms with Crippen molar-refractivity contribution in [3.05, 3.63) is 29.3 Å². The summed E-state index contributed by atoms with van der Waals surface area (Å²) in [5.74, 6) is -0.00995. The van der Waals surface area contributed by atoms with E-state index in [0.717, 1.165) is 19.3 Å². The van der Waals surface area contributed by atoms with Gasteiger partial charge in [-0.3, -0.25) is 0 Å². The van der Waals surface area contributed by atoms with E-state index in [-0.39, 0.29) is 17.4 Å². The zero-order valence-electron chi connectivity index (χ0n) is 11.3. The molecule has 2 N–H and O–H groups in total. The van der Waals surface area contributed by atoms with Crippen LogP contribution in [-0.2, 0) is 10.0 Å². The van der Waals surface area contributed by atoms with Crippen molar-refractivity contribution in [2.24, 2.45) is 5.92 Å². The first-order chi connectivity index (χ1) is 9.44. The molecule has 0 spiro atoms. The van der Waals surface area contributed by atoms with Gasteiger partial charge in [0, 0.05) is 6.54 Å². The molecule has 2 rings (SSSR count). The van der Waals surface area contributed by atoms with Gasteiger partial charge >= 0.3 is 0 Å². The molecule has 108 valence electrons. The first-order valence-electron chi connectivity index (χ1n) is 6.62. The standard InChI is InChI=1S/C14H18N2O3S/c1-10-7-13(6-5-11(10)8-15)20(18,19)16-9-12-3-2-4-14(12)17/h5-7,12,14,16-17H,2-4,9H2,1H3. The average molecular weight is 294 g/mol. The second-order valence-corrected chi connectivity index (χ2v) is 6.97. The van der Waals surface area contributed by atoms with Gasteiger partial charge in [0.15, 0.2) is 0 Å². The Kier molecular flexibility index (Phi) is 4.43. The Labute approximate surface area is 119 Å². The summed E-state index contributed by atoms with van der Waals surface area (Å²) in [6.07, 6.45) is 2.10. The van der Waals surface area contributed by atoms with Crippen LogP contribution in [0.1, 0.15) is 30.4 Å². The van der Waals surface area contributed by atoms with E-state index in [9.17, 15) is 13.5 Å². The maximum Gasteiger partial charge on any atom is 0.240 e. The minimum Gasteiger partial charge on any atom is -0.393 e. The van der Waals surface area contributed by atoms with Gasteiger partial charge in [0.25, 0.3) is 0 Å². The van der Waals surface area contributed by atoms with E-state index in [1.807, 2.05) is 6.07 Å². The predicted octanol–water partition coefficient (Wildman–Crippen LogP) is 1.31. The summed E-state index contributed by atoms with van der Waals surface area (Å²) in [6.45, 7) is 1.96. The molecule has 0 radical (unpaired) electrons. The fraction of sp³-hybridized carbons (Fsp3) is 0.500. The highest BCUT2D eigenvalue weighted by atomic mass is 32.2. The van der Waals surface area contributed by atoms with E-state index in [4.69, 9.17) is 5.26 Å². The molecule has 0 saturated heterocycles. The molecule has 2 unspecified atom stereocenters. The zero-order valence-corrected chi connectivity index (χ0v) is 12.2. The minimum atomic E-state index is -3.59. The van der Waals surface area contributed by atoms with Crippen molar-refractivity contribution >= 4 is 10.0 Å². The van der Waals surface area contributed by atoms with Crippen LogP contribution in [0, 0.1) is 24.2 Å².